The maximum absolute atomic E-state index is 4.30. The minimum Gasteiger partial charge on any atom is -0.311 e. The summed E-state index contributed by atoms with van der Waals surface area (Å²) in [6, 6.07) is 3.23. The van der Waals surface area contributed by atoms with E-state index in [9.17, 15) is 0 Å². The van der Waals surface area contributed by atoms with Crippen molar-refractivity contribution in [1.29, 1.82) is 0 Å². The van der Waals surface area contributed by atoms with Gasteiger partial charge in [0.2, 0.25) is 0 Å². The highest BCUT2D eigenvalue weighted by Gasteiger charge is 2.34. The molecular formula is C15H28N4. The molecule has 1 fully saturated rings. The quantitative estimate of drug-likeness (QED) is 0.903. The zero-order valence-electron chi connectivity index (χ0n) is 12.8. The highest BCUT2D eigenvalue weighted by molar-refractivity contribution is 4.92. The summed E-state index contributed by atoms with van der Waals surface area (Å²) in [7, 11) is 0. The van der Waals surface area contributed by atoms with Crippen molar-refractivity contribution in [2.75, 3.05) is 19.6 Å². The standard InChI is InChI=1S/C15H28N4/c1-5-13-12-18(9-10-19-8-6-7-17-19)14(11-16-13)15(2,3)4/h6-8,13-14,16H,5,9-12H2,1-4H3. The second-order valence-electron chi connectivity index (χ2n) is 6.66. The van der Waals surface area contributed by atoms with Gasteiger partial charge in [-0.15, -0.1) is 0 Å². The van der Waals surface area contributed by atoms with Gasteiger partial charge >= 0.3 is 0 Å². The summed E-state index contributed by atoms with van der Waals surface area (Å²) < 4.78 is 2.03. The first-order chi connectivity index (χ1) is 9.00. The van der Waals surface area contributed by atoms with E-state index in [0.717, 1.165) is 26.2 Å². The maximum Gasteiger partial charge on any atom is 0.0536 e. The lowest BCUT2D eigenvalue weighted by atomic mass is 9.83. The number of piperazine rings is 1. The Morgan fingerprint density at radius 1 is 1.32 bits per heavy atom. The third-order valence-electron chi connectivity index (χ3n) is 4.16. The fourth-order valence-electron chi connectivity index (χ4n) is 2.92. The molecular weight excluding hydrogens is 236 g/mol. The van der Waals surface area contributed by atoms with Gasteiger partial charge in [-0.05, 0) is 17.9 Å². The van der Waals surface area contributed by atoms with E-state index < -0.39 is 0 Å². The summed E-state index contributed by atoms with van der Waals surface area (Å²) in [5.41, 5.74) is 0.315. The van der Waals surface area contributed by atoms with Crippen LogP contribution in [-0.4, -0.2) is 46.4 Å². The summed E-state index contributed by atoms with van der Waals surface area (Å²) in [5, 5.41) is 7.99. The van der Waals surface area contributed by atoms with E-state index in [1.165, 1.54) is 6.42 Å². The Morgan fingerprint density at radius 3 is 2.68 bits per heavy atom. The molecule has 1 N–H and O–H groups in total. The Bertz CT molecular complexity index is 366. The molecule has 19 heavy (non-hydrogen) atoms. The van der Waals surface area contributed by atoms with Crippen LogP contribution in [0.3, 0.4) is 0 Å². The highest BCUT2D eigenvalue weighted by Crippen LogP contribution is 2.26. The molecule has 1 aromatic heterocycles. The van der Waals surface area contributed by atoms with E-state index in [0.29, 0.717) is 17.5 Å². The van der Waals surface area contributed by atoms with E-state index in [-0.39, 0.29) is 0 Å². The number of nitrogens with zero attached hydrogens (tertiary/aromatic N) is 3. The van der Waals surface area contributed by atoms with Gasteiger partial charge in [0.05, 0.1) is 6.54 Å². The molecule has 4 heteroatoms. The van der Waals surface area contributed by atoms with Crippen LogP contribution in [-0.2, 0) is 6.54 Å². The minimum atomic E-state index is 0.315. The summed E-state index contributed by atoms with van der Waals surface area (Å²) in [5.74, 6) is 0. The largest absolute Gasteiger partial charge is 0.311 e. The van der Waals surface area contributed by atoms with Gasteiger partial charge in [-0.1, -0.05) is 27.7 Å². The average Bonchev–Trinajstić information content (AvgIpc) is 2.88. The molecule has 2 atom stereocenters. The van der Waals surface area contributed by atoms with Gasteiger partial charge in [0, 0.05) is 44.1 Å². The van der Waals surface area contributed by atoms with Crippen molar-refractivity contribution in [3.63, 3.8) is 0 Å². The first-order valence-electron chi connectivity index (χ1n) is 7.45. The van der Waals surface area contributed by atoms with Crippen molar-refractivity contribution in [2.24, 2.45) is 5.41 Å². The Morgan fingerprint density at radius 2 is 2.11 bits per heavy atom. The zero-order valence-corrected chi connectivity index (χ0v) is 12.8. The molecule has 1 aliphatic heterocycles. The first-order valence-corrected chi connectivity index (χ1v) is 7.45. The molecule has 0 saturated carbocycles. The van der Waals surface area contributed by atoms with Crippen molar-refractivity contribution in [3.8, 4) is 0 Å². The SMILES string of the molecule is CCC1CN(CCn2cccn2)C(C(C)(C)C)CN1. The van der Waals surface area contributed by atoms with Crippen LogP contribution in [0.1, 0.15) is 34.1 Å². The van der Waals surface area contributed by atoms with Crippen molar-refractivity contribution in [1.82, 2.24) is 20.0 Å². The Kier molecular flexibility index (Phi) is 4.63. The van der Waals surface area contributed by atoms with Crippen molar-refractivity contribution in [3.05, 3.63) is 18.5 Å². The highest BCUT2D eigenvalue weighted by atomic mass is 15.3. The van der Waals surface area contributed by atoms with Crippen LogP contribution in [0.2, 0.25) is 0 Å². The van der Waals surface area contributed by atoms with Gasteiger partial charge in [0.15, 0.2) is 0 Å². The molecule has 0 aliphatic carbocycles. The average molecular weight is 264 g/mol. The van der Waals surface area contributed by atoms with Crippen LogP contribution in [0.5, 0.6) is 0 Å². The van der Waals surface area contributed by atoms with Crippen molar-refractivity contribution >= 4 is 0 Å². The predicted molar refractivity (Wildman–Crippen MR) is 79.1 cm³/mol. The molecule has 0 bridgehead atoms. The molecule has 0 amide bonds. The molecule has 108 valence electrons. The maximum atomic E-state index is 4.30. The predicted octanol–water partition coefficient (Wildman–Crippen LogP) is 1.98. The second kappa shape index (κ2) is 6.06. The molecule has 0 radical (unpaired) electrons. The van der Waals surface area contributed by atoms with Crippen LogP contribution in [0.4, 0.5) is 0 Å². The summed E-state index contributed by atoms with van der Waals surface area (Å²) >= 11 is 0. The molecule has 1 aromatic rings. The first kappa shape index (κ1) is 14.5. The summed E-state index contributed by atoms with van der Waals surface area (Å²) in [4.78, 5) is 2.65. The Labute approximate surface area is 117 Å². The lowest BCUT2D eigenvalue weighted by Gasteiger charge is -2.46. The van der Waals surface area contributed by atoms with E-state index in [2.05, 4.69) is 43.0 Å². The fraction of sp³-hybridized carbons (Fsp3) is 0.800. The number of nitrogens with one attached hydrogen (secondary N) is 1. The number of hydrogen-bond acceptors (Lipinski definition) is 3. The number of aromatic nitrogens is 2. The number of hydrogen-bond donors (Lipinski definition) is 1. The lowest BCUT2D eigenvalue weighted by Crippen LogP contribution is -2.60. The van der Waals surface area contributed by atoms with Gasteiger partial charge in [-0.25, -0.2) is 0 Å². The van der Waals surface area contributed by atoms with Crippen LogP contribution in [0.25, 0.3) is 0 Å². The molecule has 1 aliphatic rings. The van der Waals surface area contributed by atoms with Crippen LogP contribution < -0.4 is 5.32 Å². The van der Waals surface area contributed by atoms with Crippen LogP contribution >= 0.6 is 0 Å². The summed E-state index contributed by atoms with van der Waals surface area (Å²) in [6.45, 7) is 13.6. The Hall–Kier alpha value is -0.870. The second-order valence-corrected chi connectivity index (χ2v) is 6.66. The van der Waals surface area contributed by atoms with Gasteiger partial charge in [0.25, 0.3) is 0 Å². The van der Waals surface area contributed by atoms with Crippen molar-refractivity contribution in [2.45, 2.75) is 52.7 Å². The molecule has 0 aromatic carbocycles. The van der Waals surface area contributed by atoms with Crippen LogP contribution in [0.15, 0.2) is 18.5 Å². The minimum absolute atomic E-state index is 0.315. The van der Waals surface area contributed by atoms with E-state index in [1.807, 2.05) is 23.1 Å². The molecule has 1 saturated heterocycles. The normalized spacial score (nSPS) is 25.7. The topological polar surface area (TPSA) is 33.1 Å². The number of rotatable bonds is 4. The molecule has 2 unspecified atom stereocenters. The Balaban J connectivity index is 1.98. The lowest BCUT2D eigenvalue weighted by molar-refractivity contribution is 0.0513. The van der Waals surface area contributed by atoms with Gasteiger partial charge in [0.1, 0.15) is 0 Å². The van der Waals surface area contributed by atoms with E-state index >= 15 is 0 Å². The van der Waals surface area contributed by atoms with Gasteiger partial charge < -0.3 is 5.32 Å². The monoisotopic (exact) mass is 264 g/mol. The fourth-order valence-corrected chi connectivity index (χ4v) is 2.92. The van der Waals surface area contributed by atoms with Crippen LogP contribution in [0, 0.1) is 5.41 Å². The molecule has 2 rings (SSSR count). The molecule has 2 heterocycles. The molecule has 4 nitrogen and oxygen atoms in total. The van der Waals surface area contributed by atoms with Gasteiger partial charge in [-0.2, -0.15) is 5.10 Å². The third-order valence-corrected chi connectivity index (χ3v) is 4.16. The third kappa shape index (κ3) is 3.80. The van der Waals surface area contributed by atoms with Gasteiger partial charge in [-0.3, -0.25) is 9.58 Å². The smallest absolute Gasteiger partial charge is 0.0536 e. The van der Waals surface area contributed by atoms with Crippen molar-refractivity contribution < 1.29 is 0 Å². The molecule has 0 spiro atoms. The summed E-state index contributed by atoms with van der Waals surface area (Å²) in [6.07, 6.45) is 5.11. The van der Waals surface area contributed by atoms with E-state index in [1.54, 1.807) is 0 Å². The van der Waals surface area contributed by atoms with E-state index in [4.69, 9.17) is 0 Å². The zero-order chi connectivity index (χ0) is 13.9.